The van der Waals surface area contributed by atoms with Gasteiger partial charge in [0.15, 0.2) is 11.6 Å². The van der Waals surface area contributed by atoms with Crippen LogP contribution >= 0.6 is 0 Å². The van der Waals surface area contributed by atoms with E-state index in [-0.39, 0.29) is 5.75 Å². The minimum atomic E-state index is -0.619. The molecule has 0 aliphatic carbocycles. The molecule has 0 aliphatic heterocycles. The fourth-order valence-corrected chi connectivity index (χ4v) is 0.965. The molecule has 5 nitrogen and oxygen atoms in total. The first-order valence-corrected chi connectivity index (χ1v) is 3.99. The van der Waals surface area contributed by atoms with E-state index in [0.717, 1.165) is 6.07 Å². The van der Waals surface area contributed by atoms with Gasteiger partial charge in [-0.2, -0.15) is 0 Å². The number of hydrogen-bond donors (Lipinski definition) is 2. The van der Waals surface area contributed by atoms with E-state index in [1.165, 1.54) is 19.2 Å². The quantitative estimate of drug-likeness (QED) is 0.449. The van der Waals surface area contributed by atoms with Crippen molar-refractivity contribution < 1.29 is 19.1 Å². The second-order valence-electron chi connectivity index (χ2n) is 2.58. The molecular weight excluding hydrogens is 203 g/mol. The molecule has 0 saturated carbocycles. The summed E-state index contributed by atoms with van der Waals surface area (Å²) in [6, 6.07) is 3.84. The highest BCUT2D eigenvalue weighted by atomic mass is 19.1. The first-order chi connectivity index (χ1) is 7.17. The lowest BCUT2D eigenvalue weighted by molar-refractivity contribution is -0.110. The lowest BCUT2D eigenvalue weighted by atomic mass is 10.3. The second-order valence-corrected chi connectivity index (χ2v) is 2.58. The third-order valence-corrected chi connectivity index (χ3v) is 1.59. The third-order valence-electron chi connectivity index (χ3n) is 1.59. The average molecular weight is 212 g/mol. The molecule has 1 amide bonds. The topological polar surface area (TPSA) is 70.9 Å². The minimum Gasteiger partial charge on any atom is -0.494 e. The van der Waals surface area contributed by atoms with Crippen molar-refractivity contribution in [2.45, 2.75) is 0 Å². The normalized spacial score (nSPS) is 10.3. The molecule has 0 fully saturated rings. The predicted molar refractivity (Wildman–Crippen MR) is 51.9 cm³/mol. The van der Waals surface area contributed by atoms with Crippen molar-refractivity contribution in [2.24, 2.45) is 5.16 Å². The highest BCUT2D eigenvalue weighted by Gasteiger charge is 2.05. The first-order valence-electron chi connectivity index (χ1n) is 3.99. The van der Waals surface area contributed by atoms with E-state index >= 15 is 0 Å². The number of nitrogens with zero attached hydrogens (tertiary/aromatic N) is 1. The fourth-order valence-electron chi connectivity index (χ4n) is 0.965. The first kappa shape index (κ1) is 11.0. The number of carbonyl (C=O) groups is 1. The maximum Gasteiger partial charge on any atom is 0.270 e. The Morgan fingerprint density at radius 3 is 3.00 bits per heavy atom. The van der Waals surface area contributed by atoms with Crippen LogP contribution < -0.4 is 10.1 Å². The largest absolute Gasteiger partial charge is 0.494 e. The molecule has 0 spiro atoms. The molecule has 80 valence electrons. The Hall–Kier alpha value is -2.11. The number of anilines is 1. The van der Waals surface area contributed by atoms with Crippen LogP contribution in [0.3, 0.4) is 0 Å². The summed E-state index contributed by atoms with van der Waals surface area (Å²) in [6.07, 6.45) is 0.690. The average Bonchev–Trinajstić information content (AvgIpc) is 2.21. The summed E-state index contributed by atoms with van der Waals surface area (Å²) < 4.78 is 17.7. The third kappa shape index (κ3) is 2.94. The van der Waals surface area contributed by atoms with Gasteiger partial charge in [0, 0.05) is 11.8 Å². The summed E-state index contributed by atoms with van der Waals surface area (Å²) in [5.41, 5.74) is 0.346. The molecule has 1 aromatic carbocycles. The Morgan fingerprint density at radius 1 is 1.67 bits per heavy atom. The SMILES string of the molecule is COc1cc(NC(=O)/C=N\O)ccc1F. The highest BCUT2D eigenvalue weighted by Crippen LogP contribution is 2.21. The molecule has 1 aromatic rings. The standard InChI is InChI=1S/C9H9FN2O3/c1-15-8-4-6(2-3-7(8)10)12-9(13)5-11-14/h2-5,14H,1H3,(H,12,13)/b11-5-. The molecule has 0 radical (unpaired) electrons. The summed E-state index contributed by atoms with van der Waals surface area (Å²) in [5, 5.41) is 13.0. The molecule has 0 heterocycles. The Labute approximate surface area is 85.2 Å². The number of carbonyl (C=O) groups excluding carboxylic acids is 1. The summed E-state index contributed by atoms with van der Waals surface area (Å²) in [6.45, 7) is 0. The van der Waals surface area contributed by atoms with E-state index in [4.69, 9.17) is 9.94 Å². The van der Waals surface area contributed by atoms with Crippen molar-refractivity contribution in [1.82, 2.24) is 0 Å². The summed E-state index contributed by atoms with van der Waals surface area (Å²) in [7, 11) is 1.32. The van der Waals surface area contributed by atoms with Crippen LogP contribution in [-0.4, -0.2) is 24.4 Å². The van der Waals surface area contributed by atoms with Gasteiger partial charge in [0.1, 0.15) is 6.21 Å². The number of oxime groups is 1. The number of hydrogen-bond acceptors (Lipinski definition) is 4. The van der Waals surface area contributed by atoms with Gasteiger partial charge in [-0.25, -0.2) is 4.39 Å². The monoisotopic (exact) mass is 212 g/mol. The number of nitrogens with one attached hydrogen (secondary N) is 1. The second kappa shape index (κ2) is 4.94. The van der Waals surface area contributed by atoms with Gasteiger partial charge in [-0.05, 0) is 12.1 Å². The molecule has 15 heavy (non-hydrogen) atoms. The van der Waals surface area contributed by atoms with Crippen molar-refractivity contribution >= 4 is 17.8 Å². The molecule has 2 N–H and O–H groups in total. The molecule has 0 aliphatic rings. The highest BCUT2D eigenvalue weighted by molar-refractivity contribution is 6.31. The number of amides is 1. The van der Waals surface area contributed by atoms with Crippen LogP contribution in [0.1, 0.15) is 0 Å². The molecular formula is C9H9FN2O3. The maximum atomic E-state index is 13.0. The molecule has 1 rings (SSSR count). The van der Waals surface area contributed by atoms with E-state index < -0.39 is 11.7 Å². The van der Waals surface area contributed by atoms with Crippen LogP contribution in [0, 0.1) is 5.82 Å². The van der Waals surface area contributed by atoms with Crippen LogP contribution in [0.5, 0.6) is 5.75 Å². The van der Waals surface area contributed by atoms with E-state index in [1.807, 2.05) is 0 Å². The summed E-state index contributed by atoms with van der Waals surface area (Å²) in [5.74, 6) is -1.12. The van der Waals surface area contributed by atoms with Gasteiger partial charge >= 0.3 is 0 Å². The van der Waals surface area contributed by atoms with Gasteiger partial charge in [-0.15, -0.1) is 0 Å². The number of ether oxygens (including phenoxy) is 1. The van der Waals surface area contributed by atoms with Crippen LogP contribution in [-0.2, 0) is 4.79 Å². The summed E-state index contributed by atoms with van der Waals surface area (Å²) in [4.78, 5) is 10.9. The van der Waals surface area contributed by atoms with E-state index in [0.29, 0.717) is 11.9 Å². The van der Waals surface area contributed by atoms with E-state index in [9.17, 15) is 9.18 Å². The van der Waals surface area contributed by atoms with Crippen molar-refractivity contribution in [3.8, 4) is 5.75 Å². The number of rotatable bonds is 3. The Bertz CT molecular complexity index is 393. The minimum absolute atomic E-state index is 0.0220. The molecule has 0 bridgehead atoms. The molecule has 6 heteroatoms. The Morgan fingerprint density at radius 2 is 2.40 bits per heavy atom. The van der Waals surface area contributed by atoms with Gasteiger partial charge in [0.25, 0.3) is 5.91 Å². The zero-order chi connectivity index (χ0) is 11.3. The van der Waals surface area contributed by atoms with Gasteiger partial charge < -0.3 is 15.3 Å². The number of halogens is 1. The van der Waals surface area contributed by atoms with Crippen LogP contribution in [0.25, 0.3) is 0 Å². The van der Waals surface area contributed by atoms with E-state index in [1.54, 1.807) is 0 Å². The number of methoxy groups -OCH3 is 1. The molecule has 0 aromatic heterocycles. The number of benzene rings is 1. The Kier molecular flexibility index (Phi) is 3.61. The smallest absolute Gasteiger partial charge is 0.270 e. The molecule has 0 saturated heterocycles. The van der Waals surface area contributed by atoms with Gasteiger partial charge in [0.05, 0.1) is 7.11 Å². The van der Waals surface area contributed by atoms with Gasteiger partial charge in [-0.1, -0.05) is 5.16 Å². The van der Waals surface area contributed by atoms with Crippen LogP contribution in [0.2, 0.25) is 0 Å². The lowest BCUT2D eigenvalue weighted by Gasteiger charge is -2.05. The van der Waals surface area contributed by atoms with E-state index in [2.05, 4.69) is 10.5 Å². The van der Waals surface area contributed by atoms with Crippen molar-refractivity contribution in [3.05, 3.63) is 24.0 Å². The molecule has 0 unspecified atom stereocenters. The van der Waals surface area contributed by atoms with Crippen molar-refractivity contribution in [2.75, 3.05) is 12.4 Å². The predicted octanol–water partition coefficient (Wildman–Crippen LogP) is 1.23. The van der Waals surface area contributed by atoms with Crippen molar-refractivity contribution in [3.63, 3.8) is 0 Å². The zero-order valence-electron chi connectivity index (χ0n) is 7.90. The van der Waals surface area contributed by atoms with Gasteiger partial charge in [-0.3, -0.25) is 4.79 Å². The van der Waals surface area contributed by atoms with Crippen LogP contribution in [0.4, 0.5) is 10.1 Å². The summed E-state index contributed by atoms with van der Waals surface area (Å²) >= 11 is 0. The van der Waals surface area contributed by atoms with Crippen LogP contribution in [0.15, 0.2) is 23.4 Å². The zero-order valence-corrected chi connectivity index (χ0v) is 7.90. The maximum absolute atomic E-state index is 13.0. The lowest BCUT2D eigenvalue weighted by Crippen LogP contribution is -2.12. The Balaban J connectivity index is 2.83. The van der Waals surface area contributed by atoms with Crippen molar-refractivity contribution in [1.29, 1.82) is 0 Å². The fraction of sp³-hybridized carbons (Fsp3) is 0.111. The van der Waals surface area contributed by atoms with Gasteiger partial charge in [0.2, 0.25) is 0 Å². The molecule has 0 atom stereocenters.